The van der Waals surface area contributed by atoms with Crippen molar-refractivity contribution in [3.05, 3.63) is 0 Å². The molecule has 0 aromatic rings. The highest BCUT2D eigenvalue weighted by Crippen LogP contribution is 2.06. The van der Waals surface area contributed by atoms with Gasteiger partial charge in [-0.3, -0.25) is 19.2 Å². The summed E-state index contributed by atoms with van der Waals surface area (Å²) in [5.74, 6) is -4.31. The number of carboxylic acids is 2. The van der Waals surface area contributed by atoms with Crippen molar-refractivity contribution >= 4 is 41.4 Å². The number of amides is 3. The zero-order chi connectivity index (χ0) is 26.3. The highest BCUT2D eigenvalue weighted by atomic mass is 32.2. The van der Waals surface area contributed by atoms with Gasteiger partial charge in [0.1, 0.15) is 18.1 Å². The number of aliphatic carboxylic acids is 2. The van der Waals surface area contributed by atoms with E-state index in [1.165, 1.54) is 18.7 Å². The fourth-order valence-corrected chi connectivity index (χ4v) is 3.34. The van der Waals surface area contributed by atoms with E-state index in [-0.39, 0.29) is 25.7 Å². The lowest BCUT2D eigenvalue weighted by atomic mass is 10.1. The Morgan fingerprint density at radius 1 is 0.882 bits per heavy atom. The second-order valence-corrected chi connectivity index (χ2v) is 8.78. The molecule has 0 bridgehead atoms. The summed E-state index contributed by atoms with van der Waals surface area (Å²) in [6.07, 6.45) is 1.31. The van der Waals surface area contributed by atoms with Gasteiger partial charge in [0.25, 0.3) is 0 Å². The van der Waals surface area contributed by atoms with Gasteiger partial charge in [0, 0.05) is 6.42 Å². The van der Waals surface area contributed by atoms with Crippen molar-refractivity contribution in [3.8, 4) is 0 Å². The Kier molecular flexibility index (Phi) is 15.9. The van der Waals surface area contributed by atoms with E-state index in [0.29, 0.717) is 25.1 Å². The van der Waals surface area contributed by atoms with Gasteiger partial charge < -0.3 is 42.7 Å². The second kappa shape index (κ2) is 17.1. The first-order valence-electron chi connectivity index (χ1n) is 10.9. The number of thioether (sulfide) groups is 1. The van der Waals surface area contributed by atoms with Gasteiger partial charge in [0.2, 0.25) is 17.7 Å². The van der Waals surface area contributed by atoms with Crippen LogP contribution >= 0.6 is 11.8 Å². The molecule has 196 valence electrons. The monoisotopic (exact) mass is 507 g/mol. The van der Waals surface area contributed by atoms with Crippen LogP contribution in [0, 0.1) is 0 Å². The molecule has 0 aromatic carbocycles. The summed E-state index contributed by atoms with van der Waals surface area (Å²) < 4.78 is 0. The molecule has 0 radical (unpaired) electrons. The highest BCUT2D eigenvalue weighted by molar-refractivity contribution is 7.98. The average Bonchev–Trinajstić information content (AvgIpc) is 2.76. The van der Waals surface area contributed by atoms with E-state index in [9.17, 15) is 34.2 Å². The lowest BCUT2D eigenvalue weighted by Crippen LogP contribution is -2.59. The van der Waals surface area contributed by atoms with Gasteiger partial charge in [0.05, 0.1) is 12.1 Å². The molecular weight excluding hydrogens is 470 g/mol. The maximum atomic E-state index is 12.8. The average molecular weight is 508 g/mol. The number of hydrogen-bond donors (Lipinski definition) is 8. The standard InChI is InChI=1S/C20H37N5O8S/c1-11(26)16(19(31)24-14(20(32)33)5-3-4-9-21)25-18(30)13(8-10-34-2)23-17(29)12(22)6-7-15(27)28/h11-14,16,26H,3-10,21-22H2,1-2H3,(H,23,29)(H,24,31)(H,25,30)(H,27,28)(H,32,33). The minimum atomic E-state index is -1.47. The van der Waals surface area contributed by atoms with Crippen LogP contribution < -0.4 is 27.4 Å². The minimum absolute atomic E-state index is 0.124. The molecule has 14 heteroatoms. The number of rotatable bonds is 18. The molecule has 3 amide bonds. The van der Waals surface area contributed by atoms with Gasteiger partial charge in [-0.25, -0.2) is 4.79 Å². The summed E-state index contributed by atoms with van der Waals surface area (Å²) >= 11 is 1.41. The Morgan fingerprint density at radius 3 is 2.00 bits per heavy atom. The van der Waals surface area contributed by atoms with Crippen LogP contribution in [0.4, 0.5) is 0 Å². The summed E-state index contributed by atoms with van der Waals surface area (Å²) in [6.45, 7) is 1.63. The van der Waals surface area contributed by atoms with Crippen LogP contribution in [0.3, 0.4) is 0 Å². The molecule has 0 heterocycles. The van der Waals surface area contributed by atoms with Gasteiger partial charge in [-0.05, 0) is 57.6 Å². The first-order chi connectivity index (χ1) is 15.9. The molecule has 0 aliphatic heterocycles. The largest absolute Gasteiger partial charge is 0.481 e. The van der Waals surface area contributed by atoms with Crippen LogP contribution in [0.15, 0.2) is 0 Å². The lowest BCUT2D eigenvalue weighted by Gasteiger charge is -2.26. The topological polar surface area (TPSA) is 234 Å². The maximum absolute atomic E-state index is 12.8. The van der Waals surface area contributed by atoms with Gasteiger partial charge >= 0.3 is 11.9 Å². The zero-order valence-corrected chi connectivity index (χ0v) is 20.3. The minimum Gasteiger partial charge on any atom is -0.481 e. The van der Waals surface area contributed by atoms with Gasteiger partial charge in [-0.15, -0.1) is 0 Å². The van der Waals surface area contributed by atoms with E-state index < -0.39 is 59.9 Å². The number of hydrogen-bond acceptors (Lipinski definition) is 9. The van der Waals surface area contributed by atoms with Crippen LogP contribution in [0.1, 0.15) is 45.4 Å². The first kappa shape index (κ1) is 31.6. The summed E-state index contributed by atoms with van der Waals surface area (Å²) in [6, 6.07) is -4.96. The van der Waals surface area contributed by atoms with Crippen molar-refractivity contribution in [2.75, 3.05) is 18.6 Å². The molecule has 10 N–H and O–H groups in total. The summed E-state index contributed by atoms with van der Waals surface area (Å²) in [5, 5.41) is 35.2. The molecule has 13 nitrogen and oxygen atoms in total. The predicted octanol–water partition coefficient (Wildman–Crippen LogP) is -2.02. The zero-order valence-electron chi connectivity index (χ0n) is 19.5. The molecule has 0 aromatic heterocycles. The Morgan fingerprint density at radius 2 is 1.50 bits per heavy atom. The lowest BCUT2D eigenvalue weighted by molar-refractivity contribution is -0.143. The number of aliphatic hydroxyl groups excluding tert-OH is 1. The number of nitrogens with one attached hydrogen (secondary N) is 3. The van der Waals surface area contributed by atoms with E-state index in [0.717, 1.165) is 0 Å². The third kappa shape index (κ3) is 12.7. The smallest absolute Gasteiger partial charge is 0.326 e. The number of carbonyl (C=O) groups excluding carboxylic acids is 3. The van der Waals surface area contributed by atoms with Gasteiger partial charge in [-0.1, -0.05) is 0 Å². The molecule has 0 aliphatic carbocycles. The first-order valence-corrected chi connectivity index (χ1v) is 12.3. The molecule has 0 spiro atoms. The normalized spacial score (nSPS) is 15.3. The fourth-order valence-electron chi connectivity index (χ4n) is 2.86. The van der Waals surface area contributed by atoms with E-state index in [2.05, 4.69) is 16.0 Å². The summed E-state index contributed by atoms with van der Waals surface area (Å²) in [4.78, 5) is 59.9. The quantitative estimate of drug-likeness (QED) is 0.0943. The molecule has 5 atom stereocenters. The third-order valence-electron chi connectivity index (χ3n) is 4.87. The van der Waals surface area contributed by atoms with Crippen LogP contribution in [0.2, 0.25) is 0 Å². The molecule has 0 fully saturated rings. The van der Waals surface area contributed by atoms with Crippen molar-refractivity contribution < 1.29 is 39.3 Å². The summed E-state index contributed by atoms with van der Waals surface area (Å²) in [5.41, 5.74) is 11.1. The van der Waals surface area contributed by atoms with Crippen LogP contribution in [-0.4, -0.2) is 93.8 Å². The van der Waals surface area contributed by atoms with E-state index in [1.807, 2.05) is 0 Å². The number of carbonyl (C=O) groups is 5. The molecule has 0 rings (SSSR count). The molecule has 0 saturated heterocycles. The third-order valence-corrected chi connectivity index (χ3v) is 5.52. The van der Waals surface area contributed by atoms with Crippen molar-refractivity contribution in [2.45, 2.75) is 75.7 Å². The number of unbranched alkanes of at least 4 members (excludes halogenated alkanes) is 1. The molecule has 0 aliphatic rings. The Bertz CT molecular complexity index is 694. The number of carboxylic acid groups (broad SMARTS) is 2. The second-order valence-electron chi connectivity index (χ2n) is 7.79. The maximum Gasteiger partial charge on any atom is 0.326 e. The Hall–Kier alpha value is -2.42. The Balaban J connectivity index is 5.30. The highest BCUT2D eigenvalue weighted by Gasteiger charge is 2.32. The van der Waals surface area contributed by atoms with Crippen LogP contribution in [-0.2, 0) is 24.0 Å². The molecule has 34 heavy (non-hydrogen) atoms. The summed E-state index contributed by atoms with van der Waals surface area (Å²) in [7, 11) is 0. The molecule has 0 saturated carbocycles. The van der Waals surface area contributed by atoms with E-state index >= 15 is 0 Å². The SMILES string of the molecule is CSCCC(NC(=O)C(N)CCC(=O)O)C(=O)NC(C(=O)NC(CCCCN)C(=O)O)C(C)O. The predicted molar refractivity (Wildman–Crippen MR) is 126 cm³/mol. The van der Waals surface area contributed by atoms with E-state index in [1.54, 1.807) is 6.26 Å². The van der Waals surface area contributed by atoms with Crippen molar-refractivity contribution in [2.24, 2.45) is 11.5 Å². The number of aliphatic hydroxyl groups is 1. The van der Waals surface area contributed by atoms with Crippen molar-refractivity contribution in [3.63, 3.8) is 0 Å². The van der Waals surface area contributed by atoms with Gasteiger partial charge in [-0.2, -0.15) is 11.8 Å². The fraction of sp³-hybridized carbons (Fsp3) is 0.750. The van der Waals surface area contributed by atoms with Crippen LogP contribution in [0.5, 0.6) is 0 Å². The Labute approximate surface area is 202 Å². The van der Waals surface area contributed by atoms with Gasteiger partial charge in [0.15, 0.2) is 0 Å². The van der Waals surface area contributed by atoms with E-state index in [4.69, 9.17) is 16.6 Å². The molecule has 5 unspecified atom stereocenters. The number of nitrogens with two attached hydrogens (primary N) is 2. The van der Waals surface area contributed by atoms with Crippen molar-refractivity contribution in [1.29, 1.82) is 0 Å². The van der Waals surface area contributed by atoms with Crippen molar-refractivity contribution in [1.82, 2.24) is 16.0 Å². The molecular formula is C20H37N5O8S. The van der Waals surface area contributed by atoms with Crippen LogP contribution in [0.25, 0.3) is 0 Å².